The highest BCUT2D eigenvalue weighted by Gasteiger charge is 2.16. The van der Waals surface area contributed by atoms with Crippen LogP contribution < -0.4 is 0 Å². The highest BCUT2D eigenvalue weighted by Crippen LogP contribution is 2.18. The summed E-state index contributed by atoms with van der Waals surface area (Å²) in [5.74, 6) is -0.919. The highest BCUT2D eigenvalue weighted by atomic mass is 32.1. The quantitative estimate of drug-likeness (QED) is 0.766. The van der Waals surface area contributed by atoms with Gasteiger partial charge in [0.15, 0.2) is 0 Å². The van der Waals surface area contributed by atoms with E-state index in [9.17, 15) is 4.79 Å². The fourth-order valence-corrected chi connectivity index (χ4v) is 3.16. The Balaban J connectivity index is 1.81. The van der Waals surface area contributed by atoms with Crippen molar-refractivity contribution in [3.05, 3.63) is 28.0 Å². The molecule has 0 aliphatic carbocycles. The van der Waals surface area contributed by atoms with Crippen molar-refractivity contribution in [2.45, 2.75) is 6.54 Å². The lowest BCUT2D eigenvalue weighted by Crippen LogP contribution is -2.46. The maximum absolute atomic E-state index is 10.5. The van der Waals surface area contributed by atoms with E-state index < -0.39 is 5.97 Å². The molecule has 20 heavy (non-hydrogen) atoms. The van der Waals surface area contributed by atoms with Crippen LogP contribution in [0.15, 0.2) is 17.5 Å². The minimum atomic E-state index is -0.919. The third kappa shape index (κ3) is 4.72. The summed E-state index contributed by atoms with van der Waals surface area (Å²) in [6.45, 7) is 5.92. The van der Waals surface area contributed by atoms with Crippen LogP contribution in [-0.4, -0.2) is 65.3 Å². The second-order valence-corrected chi connectivity index (χ2v) is 5.86. The third-order valence-corrected chi connectivity index (χ3v) is 4.29. The van der Waals surface area contributed by atoms with Crippen molar-refractivity contribution in [1.29, 1.82) is 0 Å². The standard InChI is InChI=1S/C14H20N2O3S/c17-8-7-15-3-5-16(6-4-15)10-13-9-12(11-20-13)1-2-14(18)19/h1-2,9,11,17H,3-8,10H2,(H,18,19). The predicted octanol–water partition coefficient (Wildman–Crippen LogP) is 0.956. The fourth-order valence-electron chi connectivity index (χ4n) is 2.27. The molecule has 2 N–H and O–H groups in total. The summed E-state index contributed by atoms with van der Waals surface area (Å²) in [5.41, 5.74) is 0.950. The summed E-state index contributed by atoms with van der Waals surface area (Å²) >= 11 is 1.67. The zero-order valence-electron chi connectivity index (χ0n) is 11.4. The lowest BCUT2D eigenvalue weighted by molar-refractivity contribution is -0.131. The van der Waals surface area contributed by atoms with Crippen molar-refractivity contribution in [2.75, 3.05) is 39.3 Å². The van der Waals surface area contributed by atoms with Gasteiger partial charge in [0.25, 0.3) is 0 Å². The van der Waals surface area contributed by atoms with Gasteiger partial charge in [-0.1, -0.05) is 0 Å². The number of aliphatic carboxylic acids is 1. The number of carboxylic acid groups (broad SMARTS) is 1. The van der Waals surface area contributed by atoms with Crippen LogP contribution >= 0.6 is 11.3 Å². The van der Waals surface area contributed by atoms with E-state index in [4.69, 9.17) is 10.2 Å². The number of β-amino-alcohol motifs (C(OH)–C–C–N with tert-alkyl or cyclic N) is 1. The number of aliphatic hydroxyl groups is 1. The molecule has 0 saturated carbocycles. The van der Waals surface area contributed by atoms with Crippen molar-refractivity contribution in [1.82, 2.24) is 9.80 Å². The van der Waals surface area contributed by atoms with E-state index in [2.05, 4.69) is 9.80 Å². The van der Waals surface area contributed by atoms with Crippen molar-refractivity contribution in [3.8, 4) is 0 Å². The molecule has 0 atom stereocenters. The third-order valence-electron chi connectivity index (χ3n) is 3.35. The topological polar surface area (TPSA) is 64.0 Å². The van der Waals surface area contributed by atoms with Gasteiger partial charge in [0.1, 0.15) is 0 Å². The Hall–Kier alpha value is -1.21. The Morgan fingerprint density at radius 3 is 2.65 bits per heavy atom. The Labute approximate surface area is 122 Å². The normalized spacial score (nSPS) is 17.9. The van der Waals surface area contributed by atoms with Gasteiger partial charge in [0.2, 0.25) is 0 Å². The van der Waals surface area contributed by atoms with E-state index in [-0.39, 0.29) is 6.61 Å². The van der Waals surface area contributed by atoms with Crippen LogP contribution in [-0.2, 0) is 11.3 Å². The first-order valence-corrected chi connectivity index (χ1v) is 7.59. The molecule has 1 aliphatic rings. The number of carbonyl (C=O) groups is 1. The molecule has 1 fully saturated rings. The number of carboxylic acids is 1. The van der Waals surface area contributed by atoms with Gasteiger partial charge in [-0.25, -0.2) is 4.79 Å². The number of piperazine rings is 1. The Morgan fingerprint density at radius 2 is 2.00 bits per heavy atom. The van der Waals surface area contributed by atoms with Gasteiger partial charge in [0, 0.05) is 50.2 Å². The summed E-state index contributed by atoms with van der Waals surface area (Å²) in [5, 5.41) is 19.5. The molecular weight excluding hydrogens is 276 g/mol. The number of aliphatic hydroxyl groups excluding tert-OH is 1. The van der Waals surface area contributed by atoms with Crippen LogP contribution in [0.2, 0.25) is 0 Å². The largest absolute Gasteiger partial charge is 0.478 e. The Morgan fingerprint density at radius 1 is 1.30 bits per heavy atom. The van der Waals surface area contributed by atoms with E-state index in [1.54, 1.807) is 17.4 Å². The number of hydrogen-bond donors (Lipinski definition) is 2. The smallest absolute Gasteiger partial charge is 0.328 e. The first kappa shape index (κ1) is 15.2. The second kappa shape index (κ2) is 7.54. The van der Waals surface area contributed by atoms with E-state index in [1.807, 2.05) is 11.4 Å². The molecule has 0 spiro atoms. The minimum Gasteiger partial charge on any atom is -0.478 e. The molecule has 0 bridgehead atoms. The molecule has 1 aromatic heterocycles. The minimum absolute atomic E-state index is 0.226. The molecule has 0 unspecified atom stereocenters. The van der Waals surface area contributed by atoms with E-state index in [0.717, 1.165) is 44.8 Å². The van der Waals surface area contributed by atoms with Crippen LogP contribution in [0.25, 0.3) is 6.08 Å². The van der Waals surface area contributed by atoms with Gasteiger partial charge >= 0.3 is 5.97 Å². The molecule has 110 valence electrons. The van der Waals surface area contributed by atoms with Gasteiger partial charge in [-0.15, -0.1) is 11.3 Å². The summed E-state index contributed by atoms with van der Waals surface area (Å²) in [6, 6.07) is 2.05. The fraction of sp³-hybridized carbons (Fsp3) is 0.500. The van der Waals surface area contributed by atoms with Gasteiger partial charge in [-0.05, 0) is 23.1 Å². The van der Waals surface area contributed by atoms with E-state index in [1.165, 1.54) is 11.0 Å². The second-order valence-electron chi connectivity index (χ2n) is 4.86. The highest BCUT2D eigenvalue weighted by molar-refractivity contribution is 7.10. The van der Waals surface area contributed by atoms with Gasteiger partial charge in [-0.3, -0.25) is 9.80 Å². The predicted molar refractivity (Wildman–Crippen MR) is 79.8 cm³/mol. The van der Waals surface area contributed by atoms with Crippen LogP contribution in [0.3, 0.4) is 0 Å². The zero-order valence-corrected chi connectivity index (χ0v) is 12.2. The average molecular weight is 296 g/mol. The number of nitrogens with zero attached hydrogens (tertiary/aromatic N) is 2. The van der Waals surface area contributed by atoms with Gasteiger partial charge in [-0.2, -0.15) is 0 Å². The lowest BCUT2D eigenvalue weighted by Gasteiger charge is -2.34. The molecule has 2 rings (SSSR count). The number of hydrogen-bond acceptors (Lipinski definition) is 5. The van der Waals surface area contributed by atoms with Gasteiger partial charge < -0.3 is 10.2 Å². The first-order valence-electron chi connectivity index (χ1n) is 6.71. The lowest BCUT2D eigenvalue weighted by atomic mass is 10.2. The monoisotopic (exact) mass is 296 g/mol. The van der Waals surface area contributed by atoms with Crippen molar-refractivity contribution >= 4 is 23.4 Å². The number of thiophene rings is 1. The van der Waals surface area contributed by atoms with Crippen molar-refractivity contribution in [3.63, 3.8) is 0 Å². The van der Waals surface area contributed by atoms with Crippen LogP contribution in [0.1, 0.15) is 10.4 Å². The van der Waals surface area contributed by atoms with Crippen molar-refractivity contribution in [2.24, 2.45) is 0 Å². The average Bonchev–Trinajstić information content (AvgIpc) is 2.87. The van der Waals surface area contributed by atoms with E-state index >= 15 is 0 Å². The SMILES string of the molecule is O=C(O)C=Cc1csc(CN2CCN(CCO)CC2)c1. The molecule has 1 aromatic rings. The summed E-state index contributed by atoms with van der Waals surface area (Å²) in [4.78, 5) is 16.4. The molecular formula is C14H20N2O3S. The maximum atomic E-state index is 10.5. The van der Waals surface area contributed by atoms with Gasteiger partial charge in [0.05, 0.1) is 6.61 Å². The molecule has 5 nitrogen and oxygen atoms in total. The molecule has 0 radical (unpaired) electrons. The van der Waals surface area contributed by atoms with E-state index in [0.29, 0.717) is 0 Å². The molecule has 0 aromatic carbocycles. The maximum Gasteiger partial charge on any atom is 0.328 e. The molecule has 2 heterocycles. The molecule has 6 heteroatoms. The Kier molecular flexibility index (Phi) is 5.72. The number of rotatable bonds is 6. The zero-order chi connectivity index (χ0) is 14.4. The molecule has 0 amide bonds. The Bertz CT molecular complexity index is 465. The summed E-state index contributed by atoms with van der Waals surface area (Å²) in [6.07, 6.45) is 2.79. The molecule has 1 saturated heterocycles. The van der Waals surface area contributed by atoms with Crippen LogP contribution in [0.4, 0.5) is 0 Å². The molecule has 1 aliphatic heterocycles. The van der Waals surface area contributed by atoms with Crippen LogP contribution in [0.5, 0.6) is 0 Å². The van der Waals surface area contributed by atoms with Crippen LogP contribution in [0, 0.1) is 0 Å². The summed E-state index contributed by atoms with van der Waals surface area (Å²) < 4.78 is 0. The summed E-state index contributed by atoms with van der Waals surface area (Å²) in [7, 11) is 0. The van der Waals surface area contributed by atoms with Crippen molar-refractivity contribution < 1.29 is 15.0 Å². The first-order chi connectivity index (χ1) is 9.67.